The molecule has 3 rings (SSSR count). The molecule has 0 aliphatic heterocycles. The molecule has 2 amide bonds. The van der Waals surface area contributed by atoms with Gasteiger partial charge in [0.05, 0.1) is 7.11 Å². The normalized spacial score (nSPS) is 14.4. The molecule has 1 aliphatic rings. The monoisotopic (exact) mass is 360 g/mol. The van der Waals surface area contributed by atoms with Gasteiger partial charge in [-0.15, -0.1) is 0 Å². The van der Waals surface area contributed by atoms with Crippen molar-refractivity contribution >= 4 is 17.5 Å². The summed E-state index contributed by atoms with van der Waals surface area (Å²) in [7, 11) is 1.57. The molecule has 0 bridgehead atoms. The fourth-order valence-electron chi connectivity index (χ4n) is 2.60. The highest BCUT2D eigenvalue weighted by molar-refractivity contribution is 6.13. The van der Waals surface area contributed by atoms with Crippen LogP contribution in [0.5, 0.6) is 5.75 Å². The number of methoxy groups -OCH3 is 1. The van der Waals surface area contributed by atoms with Gasteiger partial charge in [-0.2, -0.15) is 0 Å². The van der Waals surface area contributed by atoms with Crippen molar-refractivity contribution in [3.05, 3.63) is 59.7 Å². The SMILES string of the molecule is COc1ccc(CNC(=O)C2(C(=O)Nc3ccc(F)c(F)c3)CC2)cc1. The van der Waals surface area contributed by atoms with Crippen LogP contribution >= 0.6 is 0 Å². The first-order valence-corrected chi connectivity index (χ1v) is 8.12. The Kier molecular flexibility index (Phi) is 4.88. The van der Waals surface area contributed by atoms with Crippen molar-refractivity contribution in [2.45, 2.75) is 19.4 Å². The first kappa shape index (κ1) is 17.8. The number of rotatable bonds is 6. The number of carbonyl (C=O) groups is 2. The van der Waals surface area contributed by atoms with Crippen molar-refractivity contribution in [1.29, 1.82) is 0 Å². The lowest BCUT2D eigenvalue weighted by atomic mass is 10.0. The number of hydrogen-bond acceptors (Lipinski definition) is 3. The number of anilines is 1. The van der Waals surface area contributed by atoms with Crippen LogP contribution in [0.15, 0.2) is 42.5 Å². The lowest BCUT2D eigenvalue weighted by molar-refractivity contribution is -0.134. The third-order valence-electron chi connectivity index (χ3n) is 4.41. The van der Waals surface area contributed by atoms with E-state index in [9.17, 15) is 18.4 Å². The first-order valence-electron chi connectivity index (χ1n) is 8.12. The predicted octanol–water partition coefficient (Wildman–Crippen LogP) is 3.01. The molecule has 2 aromatic carbocycles. The van der Waals surface area contributed by atoms with E-state index in [1.807, 2.05) is 12.1 Å². The van der Waals surface area contributed by atoms with Crippen LogP contribution in [0.3, 0.4) is 0 Å². The number of benzene rings is 2. The summed E-state index contributed by atoms with van der Waals surface area (Å²) in [6.07, 6.45) is 0.827. The fraction of sp³-hybridized carbons (Fsp3) is 0.263. The molecular weight excluding hydrogens is 342 g/mol. The Labute approximate surface area is 149 Å². The van der Waals surface area contributed by atoms with Crippen LogP contribution < -0.4 is 15.4 Å². The summed E-state index contributed by atoms with van der Waals surface area (Å²) in [4.78, 5) is 24.9. The van der Waals surface area contributed by atoms with E-state index in [-0.39, 0.29) is 18.1 Å². The third kappa shape index (κ3) is 3.66. The largest absolute Gasteiger partial charge is 0.497 e. The molecule has 1 saturated carbocycles. The van der Waals surface area contributed by atoms with Crippen molar-refractivity contribution < 1.29 is 23.1 Å². The Balaban J connectivity index is 1.60. The molecule has 1 aliphatic carbocycles. The zero-order valence-electron chi connectivity index (χ0n) is 14.1. The average molecular weight is 360 g/mol. The second-order valence-electron chi connectivity index (χ2n) is 6.20. The molecule has 2 N–H and O–H groups in total. The van der Waals surface area contributed by atoms with E-state index in [0.717, 1.165) is 17.7 Å². The molecule has 2 aromatic rings. The number of nitrogens with one attached hydrogen (secondary N) is 2. The minimum atomic E-state index is -1.16. The standard InChI is InChI=1S/C19H18F2N2O3/c1-26-14-5-2-12(3-6-14)11-22-17(24)19(8-9-19)18(25)23-13-4-7-15(20)16(21)10-13/h2-7,10H,8-9,11H2,1H3,(H,22,24)(H,23,25). The zero-order valence-corrected chi connectivity index (χ0v) is 14.1. The molecule has 0 unspecified atom stereocenters. The van der Waals surface area contributed by atoms with Gasteiger partial charge in [0.1, 0.15) is 11.2 Å². The van der Waals surface area contributed by atoms with Gasteiger partial charge < -0.3 is 15.4 Å². The molecule has 0 atom stereocenters. The Hall–Kier alpha value is -2.96. The zero-order chi connectivity index (χ0) is 18.7. The van der Waals surface area contributed by atoms with E-state index in [2.05, 4.69) is 10.6 Å². The van der Waals surface area contributed by atoms with E-state index in [1.165, 1.54) is 6.07 Å². The van der Waals surface area contributed by atoms with Gasteiger partial charge in [-0.3, -0.25) is 9.59 Å². The molecule has 0 spiro atoms. The maximum Gasteiger partial charge on any atom is 0.240 e. The predicted molar refractivity (Wildman–Crippen MR) is 91.5 cm³/mol. The minimum absolute atomic E-state index is 0.114. The molecule has 26 heavy (non-hydrogen) atoms. The number of hydrogen-bond donors (Lipinski definition) is 2. The van der Waals surface area contributed by atoms with Crippen LogP contribution in [0.25, 0.3) is 0 Å². The van der Waals surface area contributed by atoms with Crippen molar-refractivity contribution in [2.75, 3.05) is 12.4 Å². The van der Waals surface area contributed by atoms with Crippen LogP contribution in [0, 0.1) is 17.0 Å². The number of amides is 2. The summed E-state index contributed by atoms with van der Waals surface area (Å²) in [6, 6.07) is 10.3. The summed E-state index contributed by atoms with van der Waals surface area (Å²) in [5, 5.41) is 5.24. The average Bonchev–Trinajstić information content (AvgIpc) is 3.45. The second kappa shape index (κ2) is 7.11. The lowest BCUT2D eigenvalue weighted by Crippen LogP contribution is -2.39. The summed E-state index contributed by atoms with van der Waals surface area (Å²) in [5.41, 5.74) is -0.170. The Morgan fingerprint density at radius 1 is 1.04 bits per heavy atom. The minimum Gasteiger partial charge on any atom is -0.497 e. The maximum atomic E-state index is 13.2. The van der Waals surface area contributed by atoms with Crippen LogP contribution in [0.1, 0.15) is 18.4 Å². The van der Waals surface area contributed by atoms with Gasteiger partial charge in [0.15, 0.2) is 11.6 Å². The smallest absolute Gasteiger partial charge is 0.240 e. The summed E-state index contributed by atoms with van der Waals surface area (Å²) in [6.45, 7) is 0.281. The molecule has 0 saturated heterocycles. The number of halogens is 2. The molecular formula is C19H18F2N2O3. The van der Waals surface area contributed by atoms with Gasteiger partial charge in [0.2, 0.25) is 11.8 Å². The highest BCUT2D eigenvalue weighted by Gasteiger charge is 2.56. The van der Waals surface area contributed by atoms with Gasteiger partial charge in [0, 0.05) is 18.3 Å². The van der Waals surface area contributed by atoms with E-state index >= 15 is 0 Å². The van der Waals surface area contributed by atoms with E-state index in [0.29, 0.717) is 18.6 Å². The molecule has 5 nitrogen and oxygen atoms in total. The van der Waals surface area contributed by atoms with Crippen molar-refractivity contribution in [3.63, 3.8) is 0 Å². The van der Waals surface area contributed by atoms with Gasteiger partial charge in [-0.05, 0) is 42.7 Å². The molecule has 1 fully saturated rings. The first-order chi connectivity index (χ1) is 12.4. The van der Waals surface area contributed by atoms with E-state index < -0.39 is 23.0 Å². The van der Waals surface area contributed by atoms with Gasteiger partial charge in [-0.1, -0.05) is 12.1 Å². The van der Waals surface area contributed by atoms with E-state index in [4.69, 9.17) is 4.74 Å². The van der Waals surface area contributed by atoms with Gasteiger partial charge >= 0.3 is 0 Å². The number of carbonyl (C=O) groups excluding carboxylic acids is 2. The molecule has 7 heteroatoms. The summed E-state index contributed by atoms with van der Waals surface area (Å²) in [5.74, 6) is -2.24. The van der Waals surface area contributed by atoms with Crippen molar-refractivity contribution in [3.8, 4) is 5.75 Å². The van der Waals surface area contributed by atoms with E-state index in [1.54, 1.807) is 19.2 Å². The Bertz CT molecular complexity index is 833. The maximum absolute atomic E-state index is 13.2. The van der Waals surface area contributed by atoms with Crippen LogP contribution in [0.4, 0.5) is 14.5 Å². The lowest BCUT2D eigenvalue weighted by Gasteiger charge is -2.15. The quantitative estimate of drug-likeness (QED) is 0.778. The Morgan fingerprint density at radius 3 is 2.31 bits per heavy atom. The number of ether oxygens (including phenoxy) is 1. The fourth-order valence-corrected chi connectivity index (χ4v) is 2.60. The second-order valence-corrected chi connectivity index (χ2v) is 6.20. The van der Waals surface area contributed by atoms with Gasteiger partial charge in [-0.25, -0.2) is 8.78 Å². The third-order valence-corrected chi connectivity index (χ3v) is 4.41. The van der Waals surface area contributed by atoms with Crippen molar-refractivity contribution in [1.82, 2.24) is 5.32 Å². The summed E-state index contributed by atoms with van der Waals surface area (Å²) >= 11 is 0. The molecule has 136 valence electrons. The van der Waals surface area contributed by atoms with Crippen LogP contribution in [-0.4, -0.2) is 18.9 Å². The molecule has 0 heterocycles. The van der Waals surface area contributed by atoms with Crippen LogP contribution in [-0.2, 0) is 16.1 Å². The van der Waals surface area contributed by atoms with Gasteiger partial charge in [0.25, 0.3) is 0 Å². The Morgan fingerprint density at radius 2 is 1.73 bits per heavy atom. The highest BCUT2D eigenvalue weighted by Crippen LogP contribution is 2.47. The van der Waals surface area contributed by atoms with Crippen molar-refractivity contribution in [2.24, 2.45) is 5.41 Å². The molecule has 0 radical (unpaired) electrons. The van der Waals surface area contributed by atoms with Crippen LogP contribution in [0.2, 0.25) is 0 Å². The summed E-state index contributed by atoms with van der Waals surface area (Å²) < 4.78 is 31.3. The highest BCUT2D eigenvalue weighted by atomic mass is 19.2. The molecule has 0 aromatic heterocycles. The topological polar surface area (TPSA) is 67.4 Å².